The maximum absolute atomic E-state index is 14.0. The van der Waals surface area contributed by atoms with E-state index in [9.17, 15) is 19.2 Å². The molecule has 2 aliphatic carbocycles. The van der Waals surface area contributed by atoms with Crippen molar-refractivity contribution in [2.45, 2.75) is 124 Å². The summed E-state index contributed by atoms with van der Waals surface area (Å²) in [6.07, 6.45) is 10.9. The quantitative estimate of drug-likeness (QED) is 0.224. The van der Waals surface area contributed by atoms with Crippen molar-refractivity contribution in [2.24, 2.45) is 45.5 Å². The Kier molecular flexibility index (Phi) is 8.07. The Bertz CT molecular complexity index is 2070. The standard InChI is InChI=1S/C44H58N4O5/c1-25(2)36(13-27(5)49)43(51)47-11-7-9-40(47)38-20-34(23-45-38)32-16-28-14-30-18-33(19-31(30)15-29(28)17-32)35-21-39(46-24-35)41-10-8-12-48(41)44(52)37(26(3)4)22-42(50)53-6/h14-15,23-26,32-33,36-37,40-41H,7-13,16-22H2,1-6H3/t32?,33?,36?,37-,40?,41?/m0/s1/i1D3,3D3,6D3/t25?,26?,32?,33?,36?,37-,40?,41?. The van der Waals surface area contributed by atoms with Crippen LogP contribution in [0.4, 0.5) is 0 Å². The van der Waals surface area contributed by atoms with E-state index < -0.39 is 62.7 Å². The number of fused-ring (bicyclic) bond motifs is 2. The SMILES string of the molecule is [2H]C([2H])([2H])OC(=O)C[C@H](C(=O)N1CCCC1C1=NC=C(C2Cc3cc4c(cc3C2)CC(C2=CN=C(C3CCCN3C(=O)C(CC(C)=O)C(C)C([2H])([2H])[2H])C2)C4)C1)C(C)C([2H])([2H])[2H]. The molecule has 9 nitrogen and oxygen atoms in total. The van der Waals surface area contributed by atoms with Crippen molar-refractivity contribution in [1.29, 1.82) is 0 Å². The lowest BCUT2D eigenvalue weighted by Gasteiger charge is -2.30. The number of ketones is 1. The van der Waals surface area contributed by atoms with Crippen LogP contribution in [0.5, 0.6) is 0 Å². The van der Waals surface area contributed by atoms with E-state index in [1.54, 1.807) is 16.7 Å². The van der Waals surface area contributed by atoms with Gasteiger partial charge in [-0.1, -0.05) is 39.7 Å². The number of esters is 1. The average Bonchev–Trinajstić information content (AvgIpc) is 4.01. The Labute approximate surface area is 328 Å². The zero-order valence-corrected chi connectivity index (χ0v) is 31.2. The molecular weight excluding hydrogens is 665 g/mol. The summed E-state index contributed by atoms with van der Waals surface area (Å²) in [5, 5.41) is 0. The molecule has 6 aliphatic rings. The first-order valence-corrected chi connectivity index (χ1v) is 19.4. The number of allylic oxidation sites excluding steroid dienone is 2. The molecule has 7 rings (SSSR count). The summed E-state index contributed by atoms with van der Waals surface area (Å²) in [6.45, 7) is 0.349. The summed E-state index contributed by atoms with van der Waals surface area (Å²) < 4.78 is 74.1. The van der Waals surface area contributed by atoms with Gasteiger partial charge in [-0.3, -0.25) is 24.4 Å². The van der Waals surface area contributed by atoms with Crippen LogP contribution in [-0.2, 0) is 49.6 Å². The molecular formula is C44H58N4O5. The van der Waals surface area contributed by atoms with E-state index >= 15 is 0 Å². The Morgan fingerprint density at radius 3 is 1.62 bits per heavy atom. The van der Waals surface area contributed by atoms with E-state index in [2.05, 4.69) is 16.9 Å². The van der Waals surface area contributed by atoms with Crippen molar-refractivity contribution in [3.8, 4) is 0 Å². The van der Waals surface area contributed by atoms with E-state index in [0.717, 1.165) is 49.9 Å². The summed E-state index contributed by atoms with van der Waals surface area (Å²) in [4.78, 5) is 65.6. The second-order valence-corrected chi connectivity index (χ2v) is 16.4. The van der Waals surface area contributed by atoms with Gasteiger partial charge in [0.1, 0.15) is 5.78 Å². The van der Waals surface area contributed by atoms with Crippen LogP contribution in [0.1, 0.15) is 120 Å². The van der Waals surface area contributed by atoms with Crippen molar-refractivity contribution >= 4 is 35.0 Å². The van der Waals surface area contributed by atoms with E-state index in [-0.39, 0.29) is 36.1 Å². The van der Waals surface area contributed by atoms with Crippen LogP contribution in [0, 0.1) is 35.5 Å². The summed E-state index contributed by atoms with van der Waals surface area (Å²) in [7, 11) is -3.00. The molecule has 0 spiro atoms. The van der Waals surface area contributed by atoms with Gasteiger partial charge >= 0.3 is 5.97 Å². The highest BCUT2D eigenvalue weighted by atomic mass is 16.5. The van der Waals surface area contributed by atoms with Gasteiger partial charge in [0, 0.05) is 70.3 Å². The molecule has 4 aliphatic heterocycles. The molecule has 4 heterocycles. The number of Topliss-reactive ketones (excluding diaryl/α,β-unsaturated/α-hetero) is 1. The minimum Gasteiger partial charge on any atom is -0.469 e. The molecule has 0 N–H and O–H groups in total. The smallest absolute Gasteiger partial charge is 0.306 e. The molecule has 1 aromatic carbocycles. The third-order valence-corrected chi connectivity index (χ3v) is 12.7. The molecule has 5 unspecified atom stereocenters. The monoisotopic (exact) mass is 731 g/mol. The molecule has 2 fully saturated rings. The van der Waals surface area contributed by atoms with Crippen molar-refractivity contribution < 1.29 is 36.3 Å². The molecule has 0 bridgehead atoms. The summed E-state index contributed by atoms with van der Waals surface area (Å²) in [5.41, 5.74) is 9.57. The van der Waals surface area contributed by atoms with Gasteiger partial charge in [-0.2, -0.15) is 0 Å². The number of hydrogen-bond acceptors (Lipinski definition) is 7. The number of likely N-dealkylation sites (tertiary alicyclic amines) is 2. The van der Waals surface area contributed by atoms with Gasteiger partial charge in [0.25, 0.3) is 0 Å². The highest BCUT2D eigenvalue weighted by Crippen LogP contribution is 2.42. The summed E-state index contributed by atoms with van der Waals surface area (Å²) >= 11 is 0. The molecule has 6 atom stereocenters. The number of amides is 2. The van der Waals surface area contributed by atoms with E-state index in [1.165, 1.54) is 47.2 Å². The molecule has 53 heavy (non-hydrogen) atoms. The van der Waals surface area contributed by atoms with Gasteiger partial charge in [0.2, 0.25) is 11.8 Å². The van der Waals surface area contributed by atoms with Crippen molar-refractivity contribution in [3.05, 3.63) is 57.9 Å². The van der Waals surface area contributed by atoms with Crippen LogP contribution in [0.25, 0.3) is 0 Å². The Morgan fingerprint density at radius 1 is 0.755 bits per heavy atom. The number of rotatable bonds is 12. The third-order valence-electron chi connectivity index (χ3n) is 12.7. The molecule has 0 saturated carbocycles. The first-order valence-electron chi connectivity index (χ1n) is 23.9. The molecule has 9 heteroatoms. The minimum absolute atomic E-state index is 0.0881. The highest BCUT2D eigenvalue weighted by Gasteiger charge is 2.41. The highest BCUT2D eigenvalue weighted by molar-refractivity contribution is 5.98. The van der Waals surface area contributed by atoms with Crippen molar-refractivity contribution in [3.63, 3.8) is 0 Å². The predicted molar refractivity (Wildman–Crippen MR) is 207 cm³/mol. The summed E-state index contributed by atoms with van der Waals surface area (Å²) in [6, 6.07) is 4.18. The Balaban J connectivity index is 0.939. The fraction of sp³-hybridized carbons (Fsp3) is 0.636. The maximum atomic E-state index is 14.0. The van der Waals surface area contributed by atoms with E-state index in [0.29, 0.717) is 44.7 Å². The number of methoxy groups -OCH3 is 1. The van der Waals surface area contributed by atoms with Gasteiger partial charge < -0.3 is 19.3 Å². The van der Waals surface area contributed by atoms with Crippen LogP contribution < -0.4 is 0 Å². The minimum atomic E-state index is -3.00. The van der Waals surface area contributed by atoms with Crippen LogP contribution in [0.2, 0.25) is 0 Å². The normalized spacial score (nSPS) is 28.2. The Morgan fingerprint density at radius 2 is 1.21 bits per heavy atom. The van der Waals surface area contributed by atoms with Gasteiger partial charge in [-0.25, -0.2) is 0 Å². The van der Waals surface area contributed by atoms with Crippen molar-refractivity contribution in [2.75, 3.05) is 20.1 Å². The average molecular weight is 732 g/mol. The molecule has 0 radical (unpaired) electrons. The van der Waals surface area contributed by atoms with E-state index in [4.69, 9.17) is 22.3 Å². The molecule has 0 aromatic heterocycles. The third kappa shape index (κ3) is 7.59. The molecule has 2 saturated heterocycles. The number of carbonyl (C=O) groups excluding carboxylic acids is 4. The zero-order chi connectivity index (χ0) is 45.1. The first kappa shape index (κ1) is 27.7. The number of nitrogens with zero attached hydrogens (tertiary/aromatic N) is 4. The van der Waals surface area contributed by atoms with Gasteiger partial charge in [0.15, 0.2) is 0 Å². The largest absolute Gasteiger partial charge is 0.469 e. The molecule has 284 valence electrons. The lowest BCUT2D eigenvalue weighted by molar-refractivity contribution is -0.148. The number of benzene rings is 1. The number of carbonyl (C=O) groups is 4. The van der Waals surface area contributed by atoms with Crippen molar-refractivity contribution in [1.82, 2.24) is 9.80 Å². The maximum Gasteiger partial charge on any atom is 0.306 e. The molecule has 1 aromatic rings. The second kappa shape index (κ2) is 15.5. The van der Waals surface area contributed by atoms with Gasteiger partial charge in [-0.05, 0) is 115 Å². The predicted octanol–water partition coefficient (Wildman–Crippen LogP) is 6.64. The number of ether oxygens (including phenoxy) is 1. The lowest BCUT2D eigenvalue weighted by atomic mass is 9.88. The second-order valence-electron chi connectivity index (χ2n) is 16.4. The number of hydrogen-bond donors (Lipinski definition) is 0. The fourth-order valence-electron chi connectivity index (χ4n) is 9.79. The lowest BCUT2D eigenvalue weighted by Crippen LogP contribution is -2.45. The van der Waals surface area contributed by atoms with Gasteiger partial charge in [0.05, 0.1) is 35.6 Å². The topological polar surface area (TPSA) is 109 Å². The number of aliphatic imine (C=N–C) groups is 2. The van der Waals surface area contributed by atoms with Crippen LogP contribution in [-0.4, -0.2) is 77.0 Å². The fourth-order valence-corrected chi connectivity index (χ4v) is 9.79. The van der Waals surface area contributed by atoms with Crippen LogP contribution >= 0.6 is 0 Å². The van der Waals surface area contributed by atoms with Gasteiger partial charge in [-0.15, -0.1) is 0 Å². The Hall–Kier alpha value is -3.88. The van der Waals surface area contributed by atoms with E-state index in [1.807, 2.05) is 12.4 Å². The molecule has 2 amide bonds. The zero-order valence-electron chi connectivity index (χ0n) is 40.2. The van der Waals surface area contributed by atoms with Crippen LogP contribution in [0.15, 0.2) is 45.7 Å². The van der Waals surface area contributed by atoms with Crippen LogP contribution in [0.3, 0.4) is 0 Å². The summed E-state index contributed by atoms with van der Waals surface area (Å²) in [5.74, 6) is -5.84. The first-order chi connectivity index (χ1) is 29.0.